The van der Waals surface area contributed by atoms with Crippen LogP contribution in [0, 0.1) is 0 Å². The van der Waals surface area contributed by atoms with Gasteiger partial charge in [0, 0.05) is 38.9 Å². The van der Waals surface area contributed by atoms with E-state index >= 15 is 0 Å². The number of aromatic nitrogens is 1. The molecule has 1 saturated heterocycles. The molecule has 1 fully saturated rings. The van der Waals surface area contributed by atoms with Gasteiger partial charge in [-0.05, 0) is 42.2 Å². The lowest BCUT2D eigenvalue weighted by Crippen LogP contribution is -2.31. The number of hydrogen-bond acceptors (Lipinski definition) is 4. The van der Waals surface area contributed by atoms with Gasteiger partial charge in [-0.1, -0.05) is 18.2 Å². The molecule has 4 nitrogen and oxygen atoms in total. The van der Waals surface area contributed by atoms with Gasteiger partial charge in [0.15, 0.2) is 0 Å². The Bertz CT molecular complexity index is 669. The Hall–Kier alpha value is -1.91. The Morgan fingerprint density at radius 1 is 1.12 bits per heavy atom. The maximum absolute atomic E-state index is 5.85. The smallest absolute Gasteiger partial charge is 0.122 e. The summed E-state index contributed by atoms with van der Waals surface area (Å²) in [5.74, 6) is 1.05. The van der Waals surface area contributed by atoms with Gasteiger partial charge in [0.2, 0.25) is 0 Å². The molecule has 24 heavy (non-hydrogen) atoms. The average Bonchev–Trinajstić information content (AvgIpc) is 3.27. The standard InChI is InChI=1S/C20H24N2O2/c1-2-9-21-18(4-1)14-22(15-19-5-3-10-23-19)13-16-6-7-20-17(12-16)8-11-24-20/h1-2,4,6-7,9,12,19H,3,5,8,10-11,13-15H2/t19-/m0/s1. The van der Waals surface area contributed by atoms with Gasteiger partial charge in [-0.2, -0.15) is 0 Å². The third-order valence-electron chi connectivity index (χ3n) is 4.76. The predicted molar refractivity (Wildman–Crippen MR) is 93.0 cm³/mol. The summed E-state index contributed by atoms with van der Waals surface area (Å²) in [5.41, 5.74) is 3.79. The molecule has 2 aliphatic rings. The molecule has 0 saturated carbocycles. The minimum absolute atomic E-state index is 0.353. The monoisotopic (exact) mass is 324 g/mol. The summed E-state index contributed by atoms with van der Waals surface area (Å²) < 4.78 is 11.5. The number of benzene rings is 1. The molecule has 126 valence electrons. The lowest BCUT2D eigenvalue weighted by molar-refractivity contribution is 0.0675. The minimum atomic E-state index is 0.353. The molecule has 2 aliphatic heterocycles. The summed E-state index contributed by atoms with van der Waals surface area (Å²) in [4.78, 5) is 6.94. The van der Waals surface area contributed by atoms with Crippen LogP contribution < -0.4 is 4.74 Å². The van der Waals surface area contributed by atoms with Crippen LogP contribution in [0.4, 0.5) is 0 Å². The zero-order valence-electron chi connectivity index (χ0n) is 14.0. The topological polar surface area (TPSA) is 34.6 Å². The van der Waals surface area contributed by atoms with Gasteiger partial charge in [-0.3, -0.25) is 9.88 Å². The third-order valence-corrected chi connectivity index (χ3v) is 4.76. The molecule has 0 spiro atoms. The predicted octanol–water partition coefficient (Wildman–Crippen LogP) is 3.20. The van der Waals surface area contributed by atoms with Gasteiger partial charge in [-0.25, -0.2) is 0 Å². The molecule has 1 aromatic carbocycles. The Morgan fingerprint density at radius 2 is 2.12 bits per heavy atom. The normalized spacial score (nSPS) is 19.5. The van der Waals surface area contributed by atoms with Crippen LogP contribution in [0.1, 0.15) is 29.7 Å². The maximum Gasteiger partial charge on any atom is 0.122 e. The molecular weight excluding hydrogens is 300 g/mol. The molecule has 0 unspecified atom stereocenters. The summed E-state index contributed by atoms with van der Waals surface area (Å²) in [5, 5.41) is 0. The summed E-state index contributed by atoms with van der Waals surface area (Å²) >= 11 is 0. The van der Waals surface area contributed by atoms with E-state index in [0.29, 0.717) is 6.10 Å². The largest absolute Gasteiger partial charge is 0.493 e. The van der Waals surface area contributed by atoms with Crippen molar-refractivity contribution >= 4 is 0 Å². The molecule has 0 amide bonds. The SMILES string of the molecule is c1ccc(CN(Cc2ccc3c(c2)CCO3)C[C@@H]2CCCO2)nc1. The van der Waals surface area contributed by atoms with Gasteiger partial charge < -0.3 is 9.47 Å². The second-order valence-corrected chi connectivity index (χ2v) is 6.67. The van der Waals surface area contributed by atoms with Crippen molar-refractivity contribution < 1.29 is 9.47 Å². The molecule has 0 aliphatic carbocycles. The molecule has 2 aromatic rings. The van der Waals surface area contributed by atoms with Gasteiger partial charge in [0.05, 0.1) is 18.4 Å². The highest BCUT2D eigenvalue weighted by atomic mass is 16.5. The Balaban J connectivity index is 1.48. The van der Waals surface area contributed by atoms with Gasteiger partial charge in [-0.15, -0.1) is 0 Å². The van der Waals surface area contributed by atoms with Crippen LogP contribution in [0.25, 0.3) is 0 Å². The quantitative estimate of drug-likeness (QED) is 0.817. The van der Waals surface area contributed by atoms with Crippen molar-refractivity contribution in [2.75, 3.05) is 19.8 Å². The second-order valence-electron chi connectivity index (χ2n) is 6.67. The molecule has 4 heteroatoms. The lowest BCUT2D eigenvalue weighted by atomic mass is 10.1. The second kappa shape index (κ2) is 7.32. The van der Waals surface area contributed by atoms with Crippen LogP contribution >= 0.6 is 0 Å². The van der Waals surface area contributed by atoms with Crippen molar-refractivity contribution in [3.63, 3.8) is 0 Å². The summed E-state index contributed by atoms with van der Waals surface area (Å²) in [6, 6.07) is 12.7. The van der Waals surface area contributed by atoms with Gasteiger partial charge in [0.25, 0.3) is 0 Å². The Kier molecular flexibility index (Phi) is 4.76. The van der Waals surface area contributed by atoms with E-state index in [1.54, 1.807) is 0 Å². The Morgan fingerprint density at radius 3 is 2.96 bits per heavy atom. The van der Waals surface area contributed by atoms with Gasteiger partial charge in [0.1, 0.15) is 5.75 Å². The molecule has 0 bridgehead atoms. The molecule has 3 heterocycles. The number of nitrogens with zero attached hydrogens (tertiary/aromatic N) is 2. The molecule has 1 atom stereocenters. The maximum atomic E-state index is 5.85. The van der Waals surface area contributed by atoms with E-state index in [4.69, 9.17) is 9.47 Å². The van der Waals surface area contributed by atoms with Crippen LogP contribution in [0.3, 0.4) is 0 Å². The van der Waals surface area contributed by atoms with E-state index in [0.717, 1.165) is 57.1 Å². The van der Waals surface area contributed by atoms with Crippen LogP contribution in [-0.2, 0) is 24.2 Å². The number of hydrogen-bond donors (Lipinski definition) is 0. The highest BCUT2D eigenvalue weighted by Gasteiger charge is 2.20. The highest BCUT2D eigenvalue weighted by molar-refractivity contribution is 5.39. The zero-order valence-corrected chi connectivity index (χ0v) is 14.0. The first-order chi connectivity index (χ1) is 11.9. The zero-order chi connectivity index (χ0) is 16.2. The van der Waals surface area contributed by atoms with Crippen LogP contribution in [0.2, 0.25) is 0 Å². The molecular formula is C20H24N2O2. The van der Waals surface area contributed by atoms with Crippen molar-refractivity contribution in [1.82, 2.24) is 9.88 Å². The van der Waals surface area contributed by atoms with E-state index in [9.17, 15) is 0 Å². The number of ether oxygens (including phenoxy) is 2. The molecule has 0 N–H and O–H groups in total. The lowest BCUT2D eigenvalue weighted by Gasteiger charge is -2.25. The highest BCUT2D eigenvalue weighted by Crippen LogP contribution is 2.27. The minimum Gasteiger partial charge on any atom is -0.493 e. The van der Waals surface area contributed by atoms with E-state index in [-0.39, 0.29) is 0 Å². The van der Waals surface area contributed by atoms with Gasteiger partial charge >= 0.3 is 0 Å². The van der Waals surface area contributed by atoms with E-state index < -0.39 is 0 Å². The summed E-state index contributed by atoms with van der Waals surface area (Å²) in [6.45, 7) is 4.45. The fourth-order valence-corrected chi connectivity index (χ4v) is 3.58. The van der Waals surface area contributed by atoms with E-state index in [1.807, 2.05) is 12.3 Å². The van der Waals surface area contributed by atoms with Crippen molar-refractivity contribution in [2.45, 2.75) is 38.5 Å². The van der Waals surface area contributed by atoms with Crippen LogP contribution in [-0.4, -0.2) is 35.7 Å². The number of fused-ring (bicyclic) bond motifs is 1. The average molecular weight is 324 g/mol. The van der Waals surface area contributed by atoms with Crippen molar-refractivity contribution in [3.05, 3.63) is 59.4 Å². The number of pyridine rings is 1. The van der Waals surface area contributed by atoms with E-state index in [1.165, 1.54) is 17.5 Å². The third kappa shape index (κ3) is 3.77. The van der Waals surface area contributed by atoms with Crippen molar-refractivity contribution in [3.8, 4) is 5.75 Å². The Labute approximate surface area is 143 Å². The fourth-order valence-electron chi connectivity index (χ4n) is 3.58. The van der Waals surface area contributed by atoms with Crippen LogP contribution in [0.5, 0.6) is 5.75 Å². The van der Waals surface area contributed by atoms with Crippen molar-refractivity contribution in [1.29, 1.82) is 0 Å². The first-order valence-corrected chi connectivity index (χ1v) is 8.85. The molecule has 1 aromatic heterocycles. The molecule has 0 radical (unpaired) electrons. The molecule has 4 rings (SSSR count). The van der Waals surface area contributed by atoms with E-state index in [2.05, 4.69) is 40.2 Å². The summed E-state index contributed by atoms with van der Waals surface area (Å²) in [7, 11) is 0. The van der Waals surface area contributed by atoms with Crippen LogP contribution in [0.15, 0.2) is 42.6 Å². The number of rotatable bonds is 6. The summed E-state index contributed by atoms with van der Waals surface area (Å²) in [6.07, 6.45) is 5.59. The van der Waals surface area contributed by atoms with Crippen molar-refractivity contribution in [2.24, 2.45) is 0 Å². The fraction of sp³-hybridized carbons (Fsp3) is 0.450. The first-order valence-electron chi connectivity index (χ1n) is 8.85. The first kappa shape index (κ1) is 15.6.